The molecule has 0 saturated heterocycles. The maximum absolute atomic E-state index is 11.3. The van der Waals surface area contributed by atoms with Crippen molar-refractivity contribution >= 4 is 10.8 Å². The summed E-state index contributed by atoms with van der Waals surface area (Å²) in [5.74, 6) is 1.46. The highest BCUT2D eigenvalue weighted by Gasteiger charge is 1.98. The number of hydrogen-bond acceptors (Lipinski definition) is 3. The standard InChI is InChI=1S/C14H19N3OS/c1-2-19(18)11-9-15-12-13-4-6-14(7-5-13)17-10-3-8-16-17/h3-8,10,15H,2,9,11-12H2,1H3. The minimum atomic E-state index is -0.683. The summed E-state index contributed by atoms with van der Waals surface area (Å²) < 4.78 is 13.1. The number of nitrogens with one attached hydrogen (secondary N) is 1. The van der Waals surface area contributed by atoms with E-state index in [4.69, 9.17) is 0 Å². The van der Waals surface area contributed by atoms with Crippen molar-refractivity contribution in [3.63, 3.8) is 0 Å². The Morgan fingerprint density at radius 2 is 2.11 bits per heavy atom. The zero-order valence-corrected chi connectivity index (χ0v) is 11.9. The second-order valence-corrected chi connectivity index (χ2v) is 6.09. The van der Waals surface area contributed by atoms with Crippen LogP contribution in [0.1, 0.15) is 12.5 Å². The highest BCUT2D eigenvalue weighted by Crippen LogP contribution is 2.08. The van der Waals surface area contributed by atoms with Crippen LogP contribution in [0.25, 0.3) is 5.69 Å². The number of nitrogens with zero attached hydrogens (tertiary/aromatic N) is 2. The van der Waals surface area contributed by atoms with E-state index in [1.807, 2.05) is 36.0 Å². The van der Waals surface area contributed by atoms with E-state index >= 15 is 0 Å². The van der Waals surface area contributed by atoms with Gasteiger partial charge in [0, 0.05) is 47.8 Å². The summed E-state index contributed by atoms with van der Waals surface area (Å²) in [5.41, 5.74) is 2.28. The summed E-state index contributed by atoms with van der Waals surface area (Å²) in [6.07, 6.45) is 3.69. The summed E-state index contributed by atoms with van der Waals surface area (Å²) in [6.45, 7) is 3.55. The lowest BCUT2D eigenvalue weighted by Crippen LogP contribution is -2.20. The smallest absolute Gasteiger partial charge is 0.0645 e. The van der Waals surface area contributed by atoms with Crippen LogP contribution in [0.5, 0.6) is 0 Å². The van der Waals surface area contributed by atoms with Crippen LogP contribution in [0.15, 0.2) is 42.7 Å². The van der Waals surface area contributed by atoms with E-state index in [1.165, 1.54) is 5.56 Å². The van der Waals surface area contributed by atoms with E-state index in [1.54, 1.807) is 6.20 Å². The molecule has 1 aromatic heterocycles. The van der Waals surface area contributed by atoms with Crippen molar-refractivity contribution in [1.82, 2.24) is 15.1 Å². The van der Waals surface area contributed by atoms with E-state index in [0.29, 0.717) is 0 Å². The van der Waals surface area contributed by atoms with Crippen LogP contribution < -0.4 is 5.32 Å². The van der Waals surface area contributed by atoms with Gasteiger partial charge in [-0.1, -0.05) is 19.1 Å². The predicted octanol–water partition coefficient (Wildman–Crippen LogP) is 1.73. The van der Waals surface area contributed by atoms with Crippen LogP contribution >= 0.6 is 0 Å². The lowest BCUT2D eigenvalue weighted by atomic mass is 10.2. The molecule has 1 aromatic carbocycles. The van der Waals surface area contributed by atoms with E-state index in [9.17, 15) is 4.21 Å². The molecule has 0 aliphatic rings. The number of rotatable bonds is 7. The molecule has 5 heteroatoms. The molecule has 0 bridgehead atoms. The first-order valence-electron chi connectivity index (χ1n) is 6.44. The van der Waals surface area contributed by atoms with Crippen molar-refractivity contribution in [3.8, 4) is 5.69 Å². The second-order valence-electron chi connectivity index (χ2n) is 4.23. The highest BCUT2D eigenvalue weighted by molar-refractivity contribution is 7.84. The molecule has 2 aromatic rings. The quantitative estimate of drug-likeness (QED) is 0.784. The summed E-state index contributed by atoms with van der Waals surface area (Å²) >= 11 is 0. The third-order valence-electron chi connectivity index (χ3n) is 2.86. The maximum atomic E-state index is 11.3. The summed E-state index contributed by atoms with van der Waals surface area (Å²) in [4.78, 5) is 0. The van der Waals surface area contributed by atoms with Gasteiger partial charge in [-0.3, -0.25) is 4.21 Å². The Balaban J connectivity index is 1.81. The molecule has 0 aliphatic carbocycles. The predicted molar refractivity (Wildman–Crippen MR) is 78.8 cm³/mol. The summed E-state index contributed by atoms with van der Waals surface area (Å²) in [5, 5.41) is 7.49. The molecule has 0 aliphatic heterocycles. The Hall–Kier alpha value is -1.46. The third-order valence-corrected chi connectivity index (χ3v) is 4.17. The molecule has 0 amide bonds. The molecule has 1 atom stereocenters. The Labute approximate surface area is 116 Å². The Morgan fingerprint density at radius 3 is 2.74 bits per heavy atom. The first kappa shape index (κ1) is 14.0. The summed E-state index contributed by atoms with van der Waals surface area (Å²) in [7, 11) is -0.683. The molecule has 1 N–H and O–H groups in total. The molecule has 4 nitrogen and oxygen atoms in total. The molecule has 1 heterocycles. The van der Waals surface area contributed by atoms with Gasteiger partial charge in [0.15, 0.2) is 0 Å². The third kappa shape index (κ3) is 4.29. The monoisotopic (exact) mass is 277 g/mol. The van der Waals surface area contributed by atoms with E-state index < -0.39 is 10.8 Å². The van der Waals surface area contributed by atoms with Crippen LogP contribution in [0.2, 0.25) is 0 Å². The topological polar surface area (TPSA) is 46.9 Å². The normalized spacial score (nSPS) is 12.5. The molecule has 2 rings (SSSR count). The van der Waals surface area contributed by atoms with Gasteiger partial charge in [0.25, 0.3) is 0 Å². The van der Waals surface area contributed by atoms with E-state index in [-0.39, 0.29) is 0 Å². The van der Waals surface area contributed by atoms with Gasteiger partial charge in [-0.05, 0) is 23.8 Å². The fraction of sp³-hybridized carbons (Fsp3) is 0.357. The molecule has 0 fully saturated rings. The molecule has 0 radical (unpaired) electrons. The first-order valence-corrected chi connectivity index (χ1v) is 7.93. The van der Waals surface area contributed by atoms with Crippen LogP contribution in [0, 0.1) is 0 Å². The molecule has 0 saturated carbocycles. The van der Waals surface area contributed by atoms with Crippen molar-refractivity contribution in [3.05, 3.63) is 48.3 Å². The fourth-order valence-corrected chi connectivity index (χ4v) is 2.41. The second kappa shape index (κ2) is 7.21. The van der Waals surface area contributed by atoms with Crippen LogP contribution in [0.3, 0.4) is 0 Å². The Bertz CT molecular complexity index is 508. The van der Waals surface area contributed by atoms with Crippen molar-refractivity contribution < 1.29 is 4.21 Å². The first-order chi connectivity index (χ1) is 9.29. The lowest BCUT2D eigenvalue weighted by Gasteiger charge is -2.06. The SMILES string of the molecule is CCS(=O)CCNCc1ccc(-n2cccn2)cc1. The fourth-order valence-electron chi connectivity index (χ4n) is 1.75. The largest absolute Gasteiger partial charge is 0.312 e. The van der Waals surface area contributed by atoms with Gasteiger partial charge >= 0.3 is 0 Å². The minimum absolute atomic E-state index is 0.683. The van der Waals surface area contributed by atoms with Crippen LogP contribution in [-0.2, 0) is 17.3 Å². The number of aromatic nitrogens is 2. The Kier molecular flexibility index (Phi) is 5.30. The molecule has 0 spiro atoms. The number of benzene rings is 1. The molecular weight excluding hydrogens is 258 g/mol. The van der Waals surface area contributed by atoms with Crippen LogP contribution in [-0.4, -0.2) is 32.0 Å². The van der Waals surface area contributed by atoms with Gasteiger partial charge < -0.3 is 5.32 Å². The summed E-state index contributed by atoms with van der Waals surface area (Å²) in [6, 6.07) is 10.2. The van der Waals surface area contributed by atoms with Gasteiger partial charge in [0.1, 0.15) is 0 Å². The van der Waals surface area contributed by atoms with Gasteiger partial charge in [0.05, 0.1) is 5.69 Å². The van der Waals surface area contributed by atoms with Gasteiger partial charge in [-0.2, -0.15) is 5.10 Å². The van der Waals surface area contributed by atoms with E-state index in [0.717, 1.165) is 30.3 Å². The zero-order chi connectivity index (χ0) is 13.5. The molecule has 19 heavy (non-hydrogen) atoms. The molecule has 102 valence electrons. The highest BCUT2D eigenvalue weighted by atomic mass is 32.2. The average Bonchev–Trinajstić information content (AvgIpc) is 2.98. The van der Waals surface area contributed by atoms with Gasteiger partial charge in [-0.15, -0.1) is 0 Å². The average molecular weight is 277 g/mol. The Morgan fingerprint density at radius 1 is 1.32 bits per heavy atom. The lowest BCUT2D eigenvalue weighted by molar-refractivity contribution is 0.674. The van der Waals surface area contributed by atoms with Crippen molar-refractivity contribution in [2.45, 2.75) is 13.5 Å². The number of hydrogen-bond donors (Lipinski definition) is 1. The van der Waals surface area contributed by atoms with Crippen molar-refractivity contribution in [2.75, 3.05) is 18.1 Å². The van der Waals surface area contributed by atoms with Gasteiger partial charge in [-0.25, -0.2) is 4.68 Å². The van der Waals surface area contributed by atoms with E-state index in [2.05, 4.69) is 22.5 Å². The van der Waals surface area contributed by atoms with Crippen LogP contribution in [0.4, 0.5) is 0 Å². The zero-order valence-electron chi connectivity index (χ0n) is 11.1. The van der Waals surface area contributed by atoms with Gasteiger partial charge in [0.2, 0.25) is 0 Å². The van der Waals surface area contributed by atoms with Crippen molar-refractivity contribution in [2.24, 2.45) is 0 Å². The van der Waals surface area contributed by atoms with Crippen molar-refractivity contribution in [1.29, 1.82) is 0 Å². The maximum Gasteiger partial charge on any atom is 0.0645 e. The molecular formula is C14H19N3OS. The molecule has 1 unspecified atom stereocenters. The minimum Gasteiger partial charge on any atom is -0.312 e.